The van der Waals surface area contributed by atoms with Crippen molar-refractivity contribution in [3.8, 4) is 0 Å². The van der Waals surface area contributed by atoms with Gasteiger partial charge in [-0.2, -0.15) is 0 Å². The first-order valence-corrected chi connectivity index (χ1v) is 10.0. The van der Waals surface area contributed by atoms with Gasteiger partial charge in [0.2, 0.25) is 0 Å². The van der Waals surface area contributed by atoms with Crippen molar-refractivity contribution in [3.63, 3.8) is 0 Å². The lowest BCUT2D eigenvalue weighted by molar-refractivity contribution is 0.512. The molecule has 0 atom stereocenters. The van der Waals surface area contributed by atoms with Gasteiger partial charge in [0, 0.05) is 0 Å². The van der Waals surface area contributed by atoms with E-state index >= 15 is 0 Å². The van der Waals surface area contributed by atoms with Crippen molar-refractivity contribution in [2.24, 2.45) is 5.41 Å². The normalized spacial score (nSPS) is 20.5. The fraction of sp³-hybridized carbons (Fsp3) is 0.529. The summed E-state index contributed by atoms with van der Waals surface area (Å²) in [6.45, 7) is 14.2. The molecule has 2 aliphatic rings. The van der Waals surface area contributed by atoms with Crippen LogP contribution in [0.2, 0.25) is 13.1 Å². The van der Waals surface area contributed by atoms with E-state index in [9.17, 15) is 0 Å². The van der Waals surface area contributed by atoms with E-state index in [1.165, 1.54) is 12.0 Å². The minimum atomic E-state index is -0.709. The molecule has 0 nitrogen and oxygen atoms in total. The molecule has 0 amide bonds. The van der Waals surface area contributed by atoms with Gasteiger partial charge in [-0.15, -0.1) is 0 Å². The van der Waals surface area contributed by atoms with Crippen LogP contribution in [0.1, 0.15) is 40.5 Å². The van der Waals surface area contributed by atoms with Crippen molar-refractivity contribution in [2.75, 3.05) is 0 Å². The summed E-state index contributed by atoms with van der Waals surface area (Å²) in [6.07, 6.45) is 9.45. The maximum Gasteiger partial charge on any atom is 0.0607 e. The zero-order valence-corrected chi connectivity index (χ0v) is 13.9. The van der Waals surface area contributed by atoms with E-state index in [2.05, 4.69) is 59.0 Å². The minimum absolute atomic E-state index is 0.274. The lowest BCUT2D eigenvalue weighted by Gasteiger charge is -2.26. The number of rotatable bonds is 2. The quantitative estimate of drug-likeness (QED) is 0.614. The Hall–Kier alpha value is -0.823. The van der Waals surface area contributed by atoms with Crippen LogP contribution in [0.5, 0.6) is 0 Å². The molecule has 0 saturated heterocycles. The van der Waals surface area contributed by atoms with E-state index < -0.39 is 8.80 Å². The molecular formula is C17H26Si. The van der Waals surface area contributed by atoms with Gasteiger partial charge in [0.05, 0.1) is 8.80 Å². The summed E-state index contributed by atoms with van der Waals surface area (Å²) in [4.78, 5) is 0. The fourth-order valence-corrected chi connectivity index (χ4v) is 4.56. The predicted octanol–water partition coefficient (Wildman–Crippen LogP) is 4.96. The standard InChI is InChI=1S/C17H26Si/c1-12-8-7-9-13(12)16-14(17(2,3)4)10-11-15(16)18(5)6/h7-8,10,18H,9,11H2,1-6H3. The first kappa shape index (κ1) is 13.6. The highest BCUT2D eigenvalue weighted by atomic mass is 28.3. The van der Waals surface area contributed by atoms with Crippen molar-refractivity contribution in [3.05, 3.63) is 45.7 Å². The highest BCUT2D eigenvalue weighted by Gasteiger charge is 2.30. The molecule has 0 unspecified atom stereocenters. The fourth-order valence-electron chi connectivity index (χ4n) is 3.07. The van der Waals surface area contributed by atoms with Gasteiger partial charge in [0.1, 0.15) is 0 Å². The molecule has 0 aliphatic heterocycles. The average molecular weight is 258 g/mol. The first-order valence-electron chi connectivity index (χ1n) is 7.13. The number of hydrogen-bond acceptors (Lipinski definition) is 0. The van der Waals surface area contributed by atoms with Crippen LogP contribution in [0.4, 0.5) is 0 Å². The Balaban J connectivity index is 2.52. The predicted molar refractivity (Wildman–Crippen MR) is 84.5 cm³/mol. The third-order valence-electron chi connectivity index (χ3n) is 4.09. The molecule has 0 N–H and O–H groups in total. The lowest BCUT2D eigenvalue weighted by atomic mass is 9.80. The van der Waals surface area contributed by atoms with Gasteiger partial charge in [0.25, 0.3) is 0 Å². The molecule has 0 fully saturated rings. The maximum absolute atomic E-state index is 2.50. The van der Waals surface area contributed by atoms with Crippen LogP contribution in [0.15, 0.2) is 45.7 Å². The molecule has 18 heavy (non-hydrogen) atoms. The zero-order valence-electron chi connectivity index (χ0n) is 12.7. The van der Waals surface area contributed by atoms with Crippen LogP contribution < -0.4 is 0 Å². The summed E-state index contributed by atoms with van der Waals surface area (Å²) in [5.41, 5.74) is 6.60. The third kappa shape index (κ3) is 2.33. The molecule has 0 radical (unpaired) electrons. The van der Waals surface area contributed by atoms with E-state index in [0.29, 0.717) is 0 Å². The lowest BCUT2D eigenvalue weighted by Crippen LogP contribution is -2.14. The Morgan fingerprint density at radius 1 is 1.11 bits per heavy atom. The van der Waals surface area contributed by atoms with Crippen LogP contribution in [0.25, 0.3) is 0 Å². The Morgan fingerprint density at radius 3 is 2.22 bits per heavy atom. The largest absolute Gasteiger partial charge is 0.0798 e. The van der Waals surface area contributed by atoms with Crippen molar-refractivity contribution in [1.29, 1.82) is 0 Å². The van der Waals surface area contributed by atoms with Crippen molar-refractivity contribution < 1.29 is 0 Å². The zero-order chi connectivity index (χ0) is 13.5. The van der Waals surface area contributed by atoms with Crippen LogP contribution in [-0.2, 0) is 0 Å². The third-order valence-corrected chi connectivity index (χ3v) is 6.01. The molecule has 0 saturated carbocycles. The summed E-state index contributed by atoms with van der Waals surface area (Å²) in [7, 11) is -0.709. The second-order valence-corrected chi connectivity index (χ2v) is 9.90. The Bertz CT molecular complexity index is 476. The van der Waals surface area contributed by atoms with Gasteiger partial charge in [-0.1, -0.05) is 57.3 Å². The Morgan fingerprint density at radius 2 is 1.78 bits per heavy atom. The maximum atomic E-state index is 2.50. The summed E-state index contributed by atoms with van der Waals surface area (Å²) in [5.74, 6) is 0. The van der Waals surface area contributed by atoms with Gasteiger partial charge in [-0.3, -0.25) is 0 Å². The second-order valence-electron chi connectivity index (χ2n) is 6.89. The first-order chi connectivity index (χ1) is 8.32. The Kier molecular flexibility index (Phi) is 3.55. The molecule has 0 aromatic heterocycles. The van der Waals surface area contributed by atoms with Gasteiger partial charge in [-0.05, 0) is 47.5 Å². The SMILES string of the molecule is CC1=C(C2=C([SiH](C)C)CC=C2C(C)(C)C)CC=C1. The molecule has 0 heterocycles. The number of allylic oxidation sites excluding steroid dienone is 8. The summed E-state index contributed by atoms with van der Waals surface area (Å²) in [6, 6.07) is 0. The van der Waals surface area contributed by atoms with Crippen LogP contribution in [-0.4, -0.2) is 8.80 Å². The van der Waals surface area contributed by atoms with Crippen LogP contribution in [0, 0.1) is 5.41 Å². The highest BCUT2D eigenvalue weighted by Crippen LogP contribution is 2.45. The molecular weight excluding hydrogens is 232 g/mol. The van der Waals surface area contributed by atoms with E-state index in [4.69, 9.17) is 0 Å². The van der Waals surface area contributed by atoms with Crippen LogP contribution >= 0.6 is 0 Å². The molecule has 0 bridgehead atoms. The molecule has 2 aliphatic carbocycles. The van der Waals surface area contributed by atoms with Crippen molar-refractivity contribution >= 4 is 8.80 Å². The van der Waals surface area contributed by atoms with E-state index in [-0.39, 0.29) is 5.41 Å². The second kappa shape index (κ2) is 4.69. The van der Waals surface area contributed by atoms with E-state index in [1.807, 2.05) is 0 Å². The van der Waals surface area contributed by atoms with Crippen LogP contribution in [0.3, 0.4) is 0 Å². The van der Waals surface area contributed by atoms with Crippen molar-refractivity contribution in [1.82, 2.24) is 0 Å². The molecule has 1 heteroatoms. The van der Waals surface area contributed by atoms with Crippen molar-refractivity contribution in [2.45, 2.75) is 53.6 Å². The Labute approximate surface area is 114 Å². The summed E-state index contributed by atoms with van der Waals surface area (Å²) in [5, 5.41) is 1.78. The summed E-state index contributed by atoms with van der Waals surface area (Å²) < 4.78 is 0. The van der Waals surface area contributed by atoms with Gasteiger partial charge in [0.15, 0.2) is 0 Å². The van der Waals surface area contributed by atoms with Gasteiger partial charge >= 0.3 is 0 Å². The average Bonchev–Trinajstić information content (AvgIpc) is 2.80. The summed E-state index contributed by atoms with van der Waals surface area (Å²) >= 11 is 0. The topological polar surface area (TPSA) is 0 Å². The molecule has 0 aromatic carbocycles. The highest BCUT2D eigenvalue weighted by molar-refractivity contribution is 6.64. The van der Waals surface area contributed by atoms with Gasteiger partial charge < -0.3 is 0 Å². The molecule has 2 rings (SSSR count). The van der Waals surface area contributed by atoms with E-state index in [0.717, 1.165) is 6.42 Å². The smallest absolute Gasteiger partial charge is 0.0607 e. The van der Waals surface area contributed by atoms with E-state index in [1.54, 1.807) is 21.9 Å². The minimum Gasteiger partial charge on any atom is -0.0798 e. The number of hydrogen-bond donors (Lipinski definition) is 0. The molecule has 0 aromatic rings. The molecule has 0 spiro atoms. The van der Waals surface area contributed by atoms with Gasteiger partial charge in [-0.25, -0.2) is 0 Å². The molecule has 98 valence electrons. The monoisotopic (exact) mass is 258 g/mol.